The van der Waals surface area contributed by atoms with E-state index in [9.17, 15) is 15.0 Å². The highest BCUT2D eigenvalue weighted by Crippen LogP contribution is 2.29. The van der Waals surface area contributed by atoms with Crippen LogP contribution >= 0.6 is 23.3 Å². The molecule has 0 saturated carbocycles. The lowest BCUT2D eigenvalue weighted by molar-refractivity contribution is -0.124. The number of amides is 1. The second kappa shape index (κ2) is 15.3. The molecule has 3 atom stereocenters. The molecule has 36 heavy (non-hydrogen) atoms. The number of unbranched alkanes of at least 4 members (excludes halogenated alkanes) is 2. The number of nitrogens with one attached hydrogen (secondary N) is 1. The van der Waals surface area contributed by atoms with E-state index in [1.54, 1.807) is 23.3 Å². The van der Waals surface area contributed by atoms with E-state index in [-0.39, 0.29) is 12.3 Å². The molecule has 3 unspecified atom stereocenters. The minimum atomic E-state index is -0.765. The van der Waals surface area contributed by atoms with Gasteiger partial charge in [0.05, 0.1) is 40.4 Å². The lowest BCUT2D eigenvalue weighted by atomic mass is 10.0. The molecule has 0 spiro atoms. The first kappa shape index (κ1) is 28.6. The van der Waals surface area contributed by atoms with Gasteiger partial charge in [-0.3, -0.25) is 4.79 Å². The molecule has 1 amide bonds. The lowest BCUT2D eigenvalue weighted by Crippen LogP contribution is -2.49. The van der Waals surface area contributed by atoms with Gasteiger partial charge in [-0.1, -0.05) is 63.4 Å². The molecule has 1 aromatic heterocycles. The molecule has 0 radical (unpaired) electrons. The maximum absolute atomic E-state index is 12.7. The van der Waals surface area contributed by atoms with Gasteiger partial charge in [0.1, 0.15) is 0 Å². The van der Waals surface area contributed by atoms with E-state index in [0.29, 0.717) is 19.4 Å². The van der Waals surface area contributed by atoms with Crippen LogP contribution in [0.3, 0.4) is 0 Å². The molecule has 3 aromatic rings. The van der Waals surface area contributed by atoms with Gasteiger partial charge in [0.15, 0.2) is 0 Å². The Kier molecular flexibility index (Phi) is 12.2. The van der Waals surface area contributed by atoms with Crippen molar-refractivity contribution in [2.75, 3.05) is 13.1 Å². The van der Waals surface area contributed by atoms with Crippen molar-refractivity contribution >= 4 is 39.4 Å². The molecule has 0 saturated heterocycles. The van der Waals surface area contributed by atoms with E-state index in [1.807, 2.05) is 48.8 Å². The Labute approximate surface area is 223 Å². The van der Waals surface area contributed by atoms with E-state index in [1.165, 1.54) is 0 Å². The standard InChI is InChI=1S/C28H39N3O3S2/c1-3-5-9-15-31(36-23-13-14-24-27(18-23)35-20-29-24)19-26(33)25(16-21-11-7-6-8-12-21)30-28(34)17-22(32)10-4-2/h6-8,11-14,18,20,22,25-26,32-33H,3-5,9-10,15-17,19H2,1-2H3,(H,30,34). The van der Waals surface area contributed by atoms with Gasteiger partial charge in [0.2, 0.25) is 5.91 Å². The number of aromatic nitrogens is 1. The Morgan fingerprint density at radius 2 is 1.92 bits per heavy atom. The second-order valence-corrected chi connectivity index (χ2v) is 11.3. The Morgan fingerprint density at radius 1 is 1.11 bits per heavy atom. The molecule has 2 aromatic carbocycles. The van der Waals surface area contributed by atoms with Crippen LogP contribution in [-0.2, 0) is 11.2 Å². The molecule has 6 nitrogen and oxygen atoms in total. The van der Waals surface area contributed by atoms with Crippen molar-refractivity contribution in [2.45, 2.75) is 81.9 Å². The summed E-state index contributed by atoms with van der Waals surface area (Å²) >= 11 is 3.27. The number of fused-ring (bicyclic) bond motifs is 1. The monoisotopic (exact) mass is 529 g/mol. The fourth-order valence-electron chi connectivity index (χ4n) is 4.16. The van der Waals surface area contributed by atoms with Gasteiger partial charge in [-0.05, 0) is 55.0 Å². The number of thiazole rings is 1. The molecule has 196 valence electrons. The van der Waals surface area contributed by atoms with E-state index < -0.39 is 18.2 Å². The minimum absolute atomic E-state index is 0.0513. The molecule has 0 aliphatic heterocycles. The predicted octanol–water partition coefficient (Wildman–Crippen LogP) is 5.44. The van der Waals surface area contributed by atoms with Crippen LogP contribution in [0.4, 0.5) is 0 Å². The summed E-state index contributed by atoms with van der Waals surface area (Å²) in [4.78, 5) is 18.2. The SMILES string of the molecule is CCCCCN(CC(O)C(Cc1ccccc1)NC(=O)CC(O)CCC)Sc1ccc2ncsc2c1. The Bertz CT molecular complexity index is 1050. The Morgan fingerprint density at radius 3 is 2.67 bits per heavy atom. The van der Waals surface area contributed by atoms with Crippen LogP contribution in [0.25, 0.3) is 10.2 Å². The van der Waals surface area contributed by atoms with E-state index >= 15 is 0 Å². The number of carbonyl (C=O) groups is 1. The van der Waals surface area contributed by atoms with Gasteiger partial charge in [0, 0.05) is 18.0 Å². The molecule has 0 bridgehead atoms. The van der Waals surface area contributed by atoms with Crippen LogP contribution in [0.15, 0.2) is 58.9 Å². The van der Waals surface area contributed by atoms with E-state index in [2.05, 4.69) is 33.7 Å². The average molecular weight is 530 g/mol. The first-order chi connectivity index (χ1) is 17.5. The number of benzene rings is 2. The molecule has 0 fully saturated rings. The highest BCUT2D eigenvalue weighted by Gasteiger charge is 2.25. The van der Waals surface area contributed by atoms with Gasteiger partial charge >= 0.3 is 0 Å². The van der Waals surface area contributed by atoms with Crippen LogP contribution in [0.1, 0.15) is 57.9 Å². The number of aliphatic hydroxyl groups excluding tert-OH is 2. The summed E-state index contributed by atoms with van der Waals surface area (Å²) in [6.45, 7) is 5.44. The largest absolute Gasteiger partial charge is 0.393 e. The highest BCUT2D eigenvalue weighted by atomic mass is 32.2. The third-order valence-electron chi connectivity index (χ3n) is 6.09. The molecule has 0 aliphatic carbocycles. The first-order valence-corrected chi connectivity index (χ1v) is 14.6. The van der Waals surface area contributed by atoms with Crippen LogP contribution in [0.5, 0.6) is 0 Å². The Balaban J connectivity index is 1.72. The summed E-state index contributed by atoms with van der Waals surface area (Å²) in [5, 5.41) is 24.5. The van der Waals surface area contributed by atoms with Crippen molar-refractivity contribution in [1.82, 2.24) is 14.6 Å². The normalized spacial score (nSPS) is 14.1. The maximum Gasteiger partial charge on any atom is 0.222 e. The molecule has 1 heterocycles. The zero-order chi connectivity index (χ0) is 25.8. The predicted molar refractivity (Wildman–Crippen MR) is 150 cm³/mol. The van der Waals surface area contributed by atoms with Crippen molar-refractivity contribution in [3.05, 3.63) is 59.6 Å². The highest BCUT2D eigenvalue weighted by molar-refractivity contribution is 7.97. The van der Waals surface area contributed by atoms with Gasteiger partial charge < -0.3 is 15.5 Å². The Hall–Kier alpha value is -1.97. The van der Waals surface area contributed by atoms with Gasteiger partial charge in [-0.25, -0.2) is 9.29 Å². The number of rotatable bonds is 16. The van der Waals surface area contributed by atoms with E-state index in [0.717, 1.165) is 52.9 Å². The number of aliphatic hydroxyl groups is 2. The molecule has 0 aliphatic rings. The van der Waals surface area contributed by atoms with Crippen LogP contribution in [-0.4, -0.2) is 56.7 Å². The van der Waals surface area contributed by atoms with Crippen LogP contribution in [0, 0.1) is 0 Å². The first-order valence-electron chi connectivity index (χ1n) is 12.9. The van der Waals surface area contributed by atoms with Crippen molar-refractivity contribution < 1.29 is 15.0 Å². The smallest absolute Gasteiger partial charge is 0.222 e. The third kappa shape index (κ3) is 9.48. The molecule has 3 N–H and O–H groups in total. The zero-order valence-corrected chi connectivity index (χ0v) is 22.9. The van der Waals surface area contributed by atoms with Gasteiger partial charge in [0.25, 0.3) is 0 Å². The summed E-state index contributed by atoms with van der Waals surface area (Å²) in [6, 6.07) is 15.7. The molecule has 3 rings (SSSR count). The number of nitrogens with zero attached hydrogens (tertiary/aromatic N) is 2. The van der Waals surface area contributed by atoms with E-state index in [4.69, 9.17) is 0 Å². The summed E-state index contributed by atoms with van der Waals surface area (Å²) in [7, 11) is 0. The molecule has 8 heteroatoms. The summed E-state index contributed by atoms with van der Waals surface area (Å²) < 4.78 is 3.35. The van der Waals surface area contributed by atoms with Crippen molar-refractivity contribution in [2.24, 2.45) is 0 Å². The van der Waals surface area contributed by atoms with Crippen molar-refractivity contribution in [3.8, 4) is 0 Å². The maximum atomic E-state index is 12.7. The van der Waals surface area contributed by atoms with Crippen LogP contribution < -0.4 is 5.32 Å². The number of hydrogen-bond donors (Lipinski definition) is 3. The minimum Gasteiger partial charge on any atom is -0.393 e. The van der Waals surface area contributed by atoms with Crippen molar-refractivity contribution in [3.63, 3.8) is 0 Å². The fraction of sp³-hybridized carbons (Fsp3) is 0.500. The number of carbonyl (C=O) groups excluding carboxylic acids is 1. The summed E-state index contributed by atoms with van der Waals surface area (Å²) in [5.41, 5.74) is 3.91. The third-order valence-corrected chi connectivity index (χ3v) is 7.94. The quantitative estimate of drug-likeness (QED) is 0.169. The lowest BCUT2D eigenvalue weighted by Gasteiger charge is -2.30. The average Bonchev–Trinajstić information content (AvgIpc) is 3.32. The van der Waals surface area contributed by atoms with Gasteiger partial charge in [-0.15, -0.1) is 11.3 Å². The molecular weight excluding hydrogens is 490 g/mol. The zero-order valence-electron chi connectivity index (χ0n) is 21.3. The topological polar surface area (TPSA) is 85.7 Å². The molecular formula is C28H39N3O3S2. The van der Waals surface area contributed by atoms with Gasteiger partial charge in [-0.2, -0.15) is 0 Å². The number of hydrogen-bond acceptors (Lipinski definition) is 7. The second-order valence-electron chi connectivity index (χ2n) is 9.25. The summed E-state index contributed by atoms with van der Waals surface area (Å²) in [6.07, 6.45) is 3.85. The van der Waals surface area contributed by atoms with Crippen LogP contribution in [0.2, 0.25) is 0 Å². The summed E-state index contributed by atoms with van der Waals surface area (Å²) in [5.74, 6) is -0.225. The van der Waals surface area contributed by atoms with Crippen molar-refractivity contribution in [1.29, 1.82) is 0 Å². The fourth-order valence-corrected chi connectivity index (χ4v) is 5.99.